The minimum absolute atomic E-state index is 0.134. The van der Waals surface area contributed by atoms with E-state index in [1.165, 1.54) is 6.07 Å². The summed E-state index contributed by atoms with van der Waals surface area (Å²) in [5.74, 6) is 1.09. The first kappa shape index (κ1) is 15.0. The predicted octanol–water partition coefficient (Wildman–Crippen LogP) is 3.84. The molecule has 18 heavy (non-hydrogen) atoms. The lowest BCUT2D eigenvalue weighted by Gasteiger charge is -2.12. The number of thioether (sulfide) groups is 1. The van der Waals surface area contributed by atoms with Crippen LogP contribution in [-0.4, -0.2) is 18.6 Å². The third-order valence-corrected chi connectivity index (χ3v) is 3.17. The fourth-order valence-electron chi connectivity index (χ4n) is 1.49. The maximum atomic E-state index is 12.4. The average molecular weight is 278 g/mol. The van der Waals surface area contributed by atoms with E-state index in [0.717, 1.165) is 37.3 Å². The molecule has 1 rings (SSSR count). The highest BCUT2D eigenvalue weighted by molar-refractivity contribution is 7.98. The van der Waals surface area contributed by atoms with Crippen molar-refractivity contribution < 1.29 is 13.2 Å². The van der Waals surface area contributed by atoms with Gasteiger partial charge >= 0.3 is 6.18 Å². The number of anilines is 2. The van der Waals surface area contributed by atoms with Crippen LogP contribution in [-0.2, 0) is 6.18 Å². The fraction of sp³-hybridized carbons (Fsp3) is 0.500. The van der Waals surface area contributed by atoms with Crippen LogP contribution >= 0.6 is 11.8 Å². The van der Waals surface area contributed by atoms with E-state index in [1.54, 1.807) is 11.8 Å². The second kappa shape index (κ2) is 6.78. The van der Waals surface area contributed by atoms with Crippen LogP contribution in [0, 0.1) is 0 Å². The SMILES string of the molecule is CSCCCCNc1ccc(C(F)(F)F)cc1N. The Kier molecular flexibility index (Phi) is 5.65. The van der Waals surface area contributed by atoms with Crippen LogP contribution in [0.1, 0.15) is 18.4 Å². The van der Waals surface area contributed by atoms with Crippen LogP contribution in [0.25, 0.3) is 0 Å². The molecule has 3 N–H and O–H groups in total. The average Bonchev–Trinajstić information content (AvgIpc) is 2.29. The van der Waals surface area contributed by atoms with Crippen molar-refractivity contribution in [1.29, 1.82) is 0 Å². The summed E-state index contributed by atoms with van der Waals surface area (Å²) in [6, 6.07) is 3.39. The number of nitrogens with two attached hydrogens (primary N) is 1. The quantitative estimate of drug-likeness (QED) is 0.613. The minimum atomic E-state index is -4.34. The van der Waals surface area contributed by atoms with Gasteiger partial charge in [0, 0.05) is 6.54 Å². The highest BCUT2D eigenvalue weighted by atomic mass is 32.2. The molecule has 0 heterocycles. The number of alkyl halides is 3. The van der Waals surface area contributed by atoms with Crippen LogP contribution in [0.4, 0.5) is 24.5 Å². The third kappa shape index (κ3) is 4.68. The van der Waals surface area contributed by atoms with E-state index in [4.69, 9.17) is 5.73 Å². The second-order valence-corrected chi connectivity index (χ2v) is 4.91. The molecule has 0 aliphatic rings. The van der Waals surface area contributed by atoms with Crippen molar-refractivity contribution in [1.82, 2.24) is 0 Å². The van der Waals surface area contributed by atoms with Gasteiger partial charge in [-0.15, -0.1) is 0 Å². The van der Waals surface area contributed by atoms with Crippen molar-refractivity contribution in [2.45, 2.75) is 19.0 Å². The summed E-state index contributed by atoms with van der Waals surface area (Å²) in [5.41, 5.74) is 5.57. The Hall–Kier alpha value is -1.04. The van der Waals surface area contributed by atoms with E-state index in [0.29, 0.717) is 5.69 Å². The Bertz CT molecular complexity index is 380. The molecule has 0 aliphatic carbocycles. The summed E-state index contributed by atoms with van der Waals surface area (Å²) in [5, 5.41) is 3.05. The van der Waals surface area contributed by atoms with Gasteiger partial charge in [0.05, 0.1) is 16.9 Å². The van der Waals surface area contributed by atoms with Crippen LogP contribution in [0.5, 0.6) is 0 Å². The van der Waals surface area contributed by atoms with Crippen LogP contribution in [0.2, 0.25) is 0 Å². The second-order valence-electron chi connectivity index (χ2n) is 3.93. The fourth-order valence-corrected chi connectivity index (χ4v) is 1.99. The Labute approximate surface area is 109 Å². The van der Waals surface area contributed by atoms with Crippen LogP contribution in [0.15, 0.2) is 18.2 Å². The summed E-state index contributed by atoms with van der Waals surface area (Å²) in [7, 11) is 0. The van der Waals surface area contributed by atoms with Gasteiger partial charge in [-0.05, 0) is 43.0 Å². The summed E-state index contributed by atoms with van der Waals surface area (Å²) < 4.78 is 37.2. The maximum Gasteiger partial charge on any atom is 0.416 e. The zero-order valence-corrected chi connectivity index (χ0v) is 11.0. The minimum Gasteiger partial charge on any atom is -0.397 e. The van der Waals surface area contributed by atoms with Gasteiger partial charge in [0.25, 0.3) is 0 Å². The zero-order chi connectivity index (χ0) is 13.6. The Balaban J connectivity index is 2.53. The first-order chi connectivity index (χ1) is 8.45. The van der Waals surface area contributed by atoms with Crippen molar-refractivity contribution in [3.05, 3.63) is 23.8 Å². The molecule has 6 heteroatoms. The van der Waals surface area contributed by atoms with Crippen molar-refractivity contribution >= 4 is 23.1 Å². The highest BCUT2D eigenvalue weighted by Gasteiger charge is 2.30. The number of unbranched alkanes of at least 4 members (excludes halogenated alkanes) is 1. The number of nitrogen functional groups attached to an aromatic ring is 1. The normalized spacial score (nSPS) is 11.6. The lowest BCUT2D eigenvalue weighted by atomic mass is 10.1. The first-order valence-corrected chi connectivity index (χ1v) is 7.04. The van der Waals surface area contributed by atoms with E-state index in [1.807, 2.05) is 6.26 Å². The monoisotopic (exact) mass is 278 g/mol. The molecule has 1 aromatic rings. The van der Waals surface area contributed by atoms with Crippen molar-refractivity contribution in [3.8, 4) is 0 Å². The molecule has 0 unspecified atom stereocenters. The molecule has 0 radical (unpaired) electrons. The van der Waals surface area contributed by atoms with Crippen LogP contribution in [0.3, 0.4) is 0 Å². The zero-order valence-electron chi connectivity index (χ0n) is 10.2. The maximum absolute atomic E-state index is 12.4. The molecule has 2 nitrogen and oxygen atoms in total. The number of hydrogen-bond donors (Lipinski definition) is 2. The number of benzene rings is 1. The third-order valence-electron chi connectivity index (χ3n) is 2.47. The van der Waals surface area contributed by atoms with Gasteiger partial charge < -0.3 is 11.1 Å². The van der Waals surface area contributed by atoms with Crippen LogP contribution < -0.4 is 11.1 Å². The lowest BCUT2D eigenvalue weighted by molar-refractivity contribution is -0.137. The van der Waals surface area contributed by atoms with Crippen molar-refractivity contribution in [2.24, 2.45) is 0 Å². The number of halogens is 3. The summed E-state index contributed by atoms with van der Waals surface area (Å²) in [4.78, 5) is 0. The van der Waals surface area contributed by atoms with Gasteiger partial charge in [0.15, 0.2) is 0 Å². The van der Waals surface area contributed by atoms with Gasteiger partial charge in [-0.3, -0.25) is 0 Å². The molecule has 102 valence electrons. The molecular weight excluding hydrogens is 261 g/mol. The van der Waals surface area contributed by atoms with E-state index >= 15 is 0 Å². The molecule has 0 saturated heterocycles. The Morgan fingerprint density at radius 3 is 2.56 bits per heavy atom. The molecule has 0 atom stereocenters. The molecular formula is C12H17F3N2S. The highest BCUT2D eigenvalue weighted by Crippen LogP contribution is 2.32. The van der Waals surface area contributed by atoms with Crippen molar-refractivity contribution in [2.75, 3.05) is 29.6 Å². The summed E-state index contributed by atoms with van der Waals surface area (Å²) in [6.45, 7) is 0.718. The summed E-state index contributed by atoms with van der Waals surface area (Å²) in [6.07, 6.45) is -0.248. The van der Waals surface area contributed by atoms with Gasteiger partial charge in [-0.25, -0.2) is 0 Å². The van der Waals surface area contributed by atoms with Gasteiger partial charge in [-0.2, -0.15) is 24.9 Å². The molecule has 0 aromatic heterocycles. The van der Waals surface area contributed by atoms with E-state index in [2.05, 4.69) is 5.32 Å². The molecule has 0 aliphatic heterocycles. The molecule has 0 spiro atoms. The number of hydrogen-bond acceptors (Lipinski definition) is 3. The standard InChI is InChI=1S/C12H17F3N2S/c1-18-7-3-2-6-17-11-5-4-9(8-10(11)16)12(13,14)15/h4-5,8,17H,2-3,6-7,16H2,1H3. The molecule has 0 amide bonds. The molecule has 1 aromatic carbocycles. The lowest BCUT2D eigenvalue weighted by Crippen LogP contribution is -2.08. The smallest absolute Gasteiger partial charge is 0.397 e. The summed E-state index contributed by atoms with van der Waals surface area (Å²) >= 11 is 1.78. The number of rotatable bonds is 6. The largest absolute Gasteiger partial charge is 0.416 e. The van der Waals surface area contributed by atoms with Gasteiger partial charge in [0.2, 0.25) is 0 Å². The Morgan fingerprint density at radius 2 is 2.00 bits per heavy atom. The first-order valence-electron chi connectivity index (χ1n) is 5.64. The van der Waals surface area contributed by atoms with Gasteiger partial charge in [0.1, 0.15) is 0 Å². The molecule has 0 bridgehead atoms. The molecule has 0 fully saturated rings. The van der Waals surface area contributed by atoms with Crippen molar-refractivity contribution in [3.63, 3.8) is 0 Å². The predicted molar refractivity (Wildman–Crippen MR) is 72.0 cm³/mol. The van der Waals surface area contributed by atoms with E-state index < -0.39 is 11.7 Å². The molecule has 0 saturated carbocycles. The Morgan fingerprint density at radius 1 is 1.28 bits per heavy atom. The number of nitrogens with one attached hydrogen (secondary N) is 1. The topological polar surface area (TPSA) is 38.0 Å². The van der Waals surface area contributed by atoms with E-state index in [-0.39, 0.29) is 5.69 Å². The van der Waals surface area contributed by atoms with E-state index in [9.17, 15) is 13.2 Å². The van der Waals surface area contributed by atoms with Gasteiger partial charge in [-0.1, -0.05) is 0 Å².